The van der Waals surface area contributed by atoms with Crippen LogP contribution in [0.15, 0.2) is 12.4 Å². The van der Waals surface area contributed by atoms with Gasteiger partial charge in [-0.3, -0.25) is 0 Å². The second-order valence-electron chi connectivity index (χ2n) is 5.21. The summed E-state index contributed by atoms with van der Waals surface area (Å²) >= 11 is 0. The number of ether oxygens (including phenoxy) is 1. The average molecular weight is 254 g/mol. The zero-order chi connectivity index (χ0) is 13.6. The second-order valence-corrected chi connectivity index (χ2v) is 5.21. The summed E-state index contributed by atoms with van der Waals surface area (Å²) in [6.45, 7) is 8.73. The van der Waals surface area contributed by atoms with Crippen molar-refractivity contribution < 1.29 is 9.53 Å². The number of alkyl carbamates (subject to hydrolysis) is 1. The van der Waals surface area contributed by atoms with E-state index >= 15 is 0 Å². The molecule has 0 aliphatic carbocycles. The van der Waals surface area contributed by atoms with E-state index in [1.807, 2.05) is 27.7 Å². The number of H-pyrrole nitrogens is 1. The van der Waals surface area contributed by atoms with Crippen LogP contribution in [0.3, 0.4) is 0 Å². The maximum absolute atomic E-state index is 11.5. The predicted molar refractivity (Wildman–Crippen MR) is 69.1 cm³/mol. The lowest BCUT2D eigenvalue weighted by Gasteiger charge is -2.22. The quantitative estimate of drug-likeness (QED) is 0.742. The van der Waals surface area contributed by atoms with Gasteiger partial charge in [-0.1, -0.05) is 0 Å². The van der Waals surface area contributed by atoms with Crippen LogP contribution in [0.1, 0.15) is 33.5 Å². The lowest BCUT2D eigenvalue weighted by molar-refractivity contribution is 0.0508. The first-order valence-corrected chi connectivity index (χ1v) is 6.05. The molecule has 1 amide bonds. The monoisotopic (exact) mass is 254 g/mol. The van der Waals surface area contributed by atoms with E-state index in [2.05, 4.69) is 20.6 Å². The van der Waals surface area contributed by atoms with E-state index in [1.54, 1.807) is 12.4 Å². The summed E-state index contributed by atoms with van der Waals surface area (Å²) in [5, 5.41) is 5.95. The highest BCUT2D eigenvalue weighted by molar-refractivity contribution is 5.68. The molecule has 18 heavy (non-hydrogen) atoms. The van der Waals surface area contributed by atoms with Gasteiger partial charge >= 0.3 is 6.09 Å². The molecule has 6 nitrogen and oxygen atoms in total. The van der Waals surface area contributed by atoms with Crippen LogP contribution in [-0.4, -0.2) is 34.2 Å². The molecule has 3 N–H and O–H groups in total. The molecule has 1 aromatic heterocycles. The van der Waals surface area contributed by atoms with Crippen molar-refractivity contribution in [1.29, 1.82) is 0 Å². The third kappa shape index (κ3) is 6.24. The fraction of sp³-hybridized carbons (Fsp3) is 0.667. The van der Waals surface area contributed by atoms with Gasteiger partial charge in [0.15, 0.2) is 0 Å². The Hall–Kier alpha value is -1.56. The molecule has 1 unspecified atom stereocenters. The first-order valence-electron chi connectivity index (χ1n) is 6.05. The van der Waals surface area contributed by atoms with Gasteiger partial charge in [-0.2, -0.15) is 0 Å². The third-order valence-electron chi connectivity index (χ3n) is 2.06. The Morgan fingerprint density at radius 2 is 2.28 bits per heavy atom. The Morgan fingerprint density at radius 3 is 2.83 bits per heavy atom. The van der Waals surface area contributed by atoms with Crippen molar-refractivity contribution in [2.75, 3.05) is 6.54 Å². The van der Waals surface area contributed by atoms with Crippen molar-refractivity contribution in [3.8, 4) is 0 Å². The molecule has 102 valence electrons. The Kier molecular flexibility index (Phi) is 5.15. The van der Waals surface area contributed by atoms with Gasteiger partial charge in [0.2, 0.25) is 0 Å². The van der Waals surface area contributed by atoms with E-state index in [4.69, 9.17) is 4.74 Å². The number of nitrogens with one attached hydrogen (secondary N) is 3. The van der Waals surface area contributed by atoms with Crippen LogP contribution < -0.4 is 10.6 Å². The van der Waals surface area contributed by atoms with Gasteiger partial charge in [-0.15, -0.1) is 0 Å². The fourth-order valence-corrected chi connectivity index (χ4v) is 1.36. The summed E-state index contributed by atoms with van der Waals surface area (Å²) in [7, 11) is 0. The van der Waals surface area contributed by atoms with Gasteiger partial charge in [0.05, 0.1) is 6.54 Å². The zero-order valence-electron chi connectivity index (χ0n) is 11.4. The maximum Gasteiger partial charge on any atom is 0.407 e. The number of carbonyl (C=O) groups is 1. The van der Waals surface area contributed by atoms with Crippen molar-refractivity contribution in [2.24, 2.45) is 0 Å². The van der Waals surface area contributed by atoms with Crippen LogP contribution in [0.2, 0.25) is 0 Å². The summed E-state index contributed by atoms with van der Waals surface area (Å²) in [6, 6.07) is -0.00480. The minimum atomic E-state index is -0.467. The van der Waals surface area contributed by atoms with E-state index in [0.29, 0.717) is 13.1 Å². The molecule has 1 aromatic rings. The molecule has 0 spiro atoms. The van der Waals surface area contributed by atoms with Crippen LogP contribution in [0.25, 0.3) is 0 Å². The maximum atomic E-state index is 11.5. The highest BCUT2D eigenvalue weighted by atomic mass is 16.6. The van der Waals surface area contributed by atoms with Crippen molar-refractivity contribution in [2.45, 2.75) is 45.9 Å². The summed E-state index contributed by atoms with van der Waals surface area (Å²) in [4.78, 5) is 18.6. The normalized spacial score (nSPS) is 13.1. The van der Waals surface area contributed by atoms with Crippen molar-refractivity contribution in [1.82, 2.24) is 20.6 Å². The largest absolute Gasteiger partial charge is 0.444 e. The smallest absolute Gasteiger partial charge is 0.407 e. The molecule has 0 bridgehead atoms. The average Bonchev–Trinajstić information content (AvgIpc) is 2.66. The number of hydrogen-bond acceptors (Lipinski definition) is 4. The molecule has 1 atom stereocenters. The van der Waals surface area contributed by atoms with Crippen LogP contribution in [0, 0.1) is 0 Å². The molecule has 0 aliphatic rings. The van der Waals surface area contributed by atoms with Gasteiger partial charge in [0.25, 0.3) is 0 Å². The highest BCUT2D eigenvalue weighted by Gasteiger charge is 2.17. The molecular weight excluding hydrogens is 232 g/mol. The van der Waals surface area contributed by atoms with Crippen molar-refractivity contribution in [3.05, 3.63) is 18.2 Å². The molecule has 0 saturated heterocycles. The molecular formula is C12H22N4O2. The molecule has 0 saturated carbocycles. The fourth-order valence-electron chi connectivity index (χ4n) is 1.36. The summed E-state index contributed by atoms with van der Waals surface area (Å²) < 4.78 is 5.16. The number of aromatic nitrogens is 2. The van der Waals surface area contributed by atoms with Crippen LogP contribution in [0.4, 0.5) is 4.79 Å². The van der Waals surface area contributed by atoms with E-state index in [9.17, 15) is 4.79 Å². The zero-order valence-corrected chi connectivity index (χ0v) is 11.4. The molecule has 0 aromatic carbocycles. The number of aromatic amines is 1. The van der Waals surface area contributed by atoms with Gasteiger partial charge < -0.3 is 20.4 Å². The minimum Gasteiger partial charge on any atom is -0.444 e. The SMILES string of the molecule is CC(CNCc1ncc[nH]1)NC(=O)OC(C)(C)C. The molecule has 1 heterocycles. The van der Waals surface area contributed by atoms with Crippen molar-refractivity contribution in [3.63, 3.8) is 0 Å². The number of imidazole rings is 1. The number of rotatable bonds is 5. The molecule has 0 radical (unpaired) electrons. The Bertz CT molecular complexity index is 357. The highest BCUT2D eigenvalue weighted by Crippen LogP contribution is 2.06. The Morgan fingerprint density at radius 1 is 1.56 bits per heavy atom. The van der Waals surface area contributed by atoms with E-state index in [0.717, 1.165) is 5.82 Å². The summed E-state index contributed by atoms with van der Waals surface area (Å²) in [5.41, 5.74) is -0.467. The standard InChI is InChI=1S/C12H22N4O2/c1-9(16-11(17)18-12(2,3)4)7-13-8-10-14-5-6-15-10/h5-6,9,13H,7-8H2,1-4H3,(H,14,15)(H,16,17). The number of hydrogen-bond donors (Lipinski definition) is 3. The van der Waals surface area contributed by atoms with Gasteiger partial charge in [0, 0.05) is 25.0 Å². The number of carbonyl (C=O) groups excluding carboxylic acids is 1. The molecule has 1 rings (SSSR count). The Balaban J connectivity index is 2.17. The number of nitrogens with zero attached hydrogens (tertiary/aromatic N) is 1. The van der Waals surface area contributed by atoms with Gasteiger partial charge in [-0.05, 0) is 27.7 Å². The van der Waals surface area contributed by atoms with E-state index < -0.39 is 11.7 Å². The summed E-state index contributed by atoms with van der Waals surface area (Å²) in [5.74, 6) is 0.875. The molecule has 6 heteroatoms. The lowest BCUT2D eigenvalue weighted by Crippen LogP contribution is -2.42. The molecule has 0 fully saturated rings. The van der Waals surface area contributed by atoms with Crippen LogP contribution >= 0.6 is 0 Å². The third-order valence-corrected chi connectivity index (χ3v) is 2.06. The first kappa shape index (κ1) is 14.5. The van der Waals surface area contributed by atoms with Gasteiger partial charge in [0.1, 0.15) is 11.4 Å². The second kappa shape index (κ2) is 6.39. The lowest BCUT2D eigenvalue weighted by atomic mass is 10.2. The van der Waals surface area contributed by atoms with E-state index in [1.165, 1.54) is 0 Å². The Labute approximate surface area is 108 Å². The number of amides is 1. The van der Waals surface area contributed by atoms with E-state index in [-0.39, 0.29) is 6.04 Å². The van der Waals surface area contributed by atoms with Crippen LogP contribution in [0.5, 0.6) is 0 Å². The van der Waals surface area contributed by atoms with Crippen LogP contribution in [-0.2, 0) is 11.3 Å². The minimum absolute atomic E-state index is 0.00480. The predicted octanol–water partition coefficient (Wildman–Crippen LogP) is 1.41. The molecule has 0 aliphatic heterocycles. The summed E-state index contributed by atoms with van der Waals surface area (Å²) in [6.07, 6.45) is 3.09. The van der Waals surface area contributed by atoms with Gasteiger partial charge in [-0.25, -0.2) is 9.78 Å². The first-order chi connectivity index (χ1) is 8.37. The van der Waals surface area contributed by atoms with Crippen molar-refractivity contribution >= 4 is 6.09 Å². The topological polar surface area (TPSA) is 79.0 Å².